The van der Waals surface area contributed by atoms with Crippen LogP contribution in [0.3, 0.4) is 0 Å². The number of fused-ring (bicyclic) bond motifs is 1. The number of pyridine rings is 1. The summed E-state index contributed by atoms with van der Waals surface area (Å²) in [6.45, 7) is 1.90. The number of anilines is 1. The molecule has 2 fully saturated rings. The number of ether oxygens (including phenoxy) is 3. The summed E-state index contributed by atoms with van der Waals surface area (Å²) in [5, 5.41) is 2.64. The van der Waals surface area contributed by atoms with Gasteiger partial charge in [-0.15, -0.1) is 0 Å². The number of hydrogen-bond acceptors (Lipinski definition) is 6. The molecule has 0 aliphatic heterocycles. The van der Waals surface area contributed by atoms with Gasteiger partial charge in [0.15, 0.2) is 23.1 Å². The molecule has 1 heterocycles. The Morgan fingerprint density at radius 1 is 1.05 bits per heavy atom. The van der Waals surface area contributed by atoms with Gasteiger partial charge in [0.1, 0.15) is 11.3 Å². The van der Waals surface area contributed by atoms with Crippen LogP contribution in [0.15, 0.2) is 35.3 Å². The van der Waals surface area contributed by atoms with E-state index in [1.165, 1.54) is 25.4 Å². The highest BCUT2D eigenvalue weighted by Gasteiger charge is 2.32. The van der Waals surface area contributed by atoms with Crippen molar-refractivity contribution in [3.8, 4) is 11.5 Å². The molecule has 0 bridgehead atoms. The second-order valence-corrected chi connectivity index (χ2v) is 10.5. The lowest BCUT2D eigenvalue weighted by atomic mass is 9.82. The van der Waals surface area contributed by atoms with Crippen LogP contribution in [0.2, 0.25) is 0 Å². The lowest BCUT2D eigenvalue weighted by molar-refractivity contribution is -0.121. The van der Waals surface area contributed by atoms with Crippen LogP contribution in [0.4, 0.5) is 18.9 Å². The number of amides is 1. The minimum absolute atomic E-state index is 0.00645. The lowest BCUT2D eigenvalue weighted by Gasteiger charge is -2.28. The van der Waals surface area contributed by atoms with Gasteiger partial charge in [0, 0.05) is 18.2 Å². The molecule has 41 heavy (non-hydrogen) atoms. The SMILES string of the molecule is CCOC(=O)c1cn(C2CC2)c2c(OC)c(NC(=O)C3CCC(COc4cccc(F)c4F)CC3)c(F)cc2c1=O. The normalized spacial score (nSPS) is 18.7. The van der Waals surface area contributed by atoms with Crippen LogP contribution in [0.1, 0.15) is 61.8 Å². The van der Waals surface area contributed by atoms with Gasteiger partial charge in [-0.25, -0.2) is 13.6 Å². The lowest BCUT2D eigenvalue weighted by Crippen LogP contribution is -2.29. The van der Waals surface area contributed by atoms with Crippen LogP contribution in [0.25, 0.3) is 10.9 Å². The van der Waals surface area contributed by atoms with E-state index in [9.17, 15) is 23.2 Å². The summed E-state index contributed by atoms with van der Waals surface area (Å²) in [6, 6.07) is 4.78. The van der Waals surface area contributed by atoms with Crippen molar-refractivity contribution in [2.24, 2.45) is 11.8 Å². The number of benzene rings is 2. The molecule has 5 rings (SSSR count). The van der Waals surface area contributed by atoms with Crippen LogP contribution in [-0.4, -0.2) is 36.8 Å². The van der Waals surface area contributed by atoms with E-state index >= 15 is 4.39 Å². The maximum absolute atomic E-state index is 15.5. The van der Waals surface area contributed by atoms with Crippen molar-refractivity contribution in [1.29, 1.82) is 0 Å². The summed E-state index contributed by atoms with van der Waals surface area (Å²) >= 11 is 0. The summed E-state index contributed by atoms with van der Waals surface area (Å²) in [6.07, 6.45) is 5.26. The van der Waals surface area contributed by atoms with E-state index in [4.69, 9.17) is 14.2 Å². The predicted molar refractivity (Wildman–Crippen MR) is 145 cm³/mol. The number of rotatable bonds is 9. The number of carbonyl (C=O) groups is 2. The van der Waals surface area contributed by atoms with E-state index in [2.05, 4.69) is 5.32 Å². The average Bonchev–Trinajstić information content (AvgIpc) is 3.81. The number of nitrogens with one attached hydrogen (secondary N) is 1. The Kier molecular flexibility index (Phi) is 8.23. The topological polar surface area (TPSA) is 95.9 Å². The zero-order valence-electron chi connectivity index (χ0n) is 22.8. The van der Waals surface area contributed by atoms with Gasteiger partial charge >= 0.3 is 5.97 Å². The van der Waals surface area contributed by atoms with Gasteiger partial charge in [-0.2, -0.15) is 4.39 Å². The van der Waals surface area contributed by atoms with Crippen LogP contribution in [0, 0.1) is 29.3 Å². The molecule has 2 saturated carbocycles. The molecule has 0 spiro atoms. The molecule has 1 amide bonds. The molecule has 1 aromatic heterocycles. The highest BCUT2D eigenvalue weighted by molar-refractivity contribution is 6.01. The number of methoxy groups -OCH3 is 1. The van der Waals surface area contributed by atoms with Gasteiger partial charge in [0.2, 0.25) is 17.2 Å². The minimum atomic E-state index is -1.03. The number of nitrogens with zero attached hydrogens (tertiary/aromatic N) is 1. The second kappa shape index (κ2) is 11.8. The Bertz CT molecular complexity index is 1540. The fourth-order valence-corrected chi connectivity index (χ4v) is 5.38. The van der Waals surface area contributed by atoms with E-state index in [0.717, 1.165) is 25.0 Å². The molecular formula is C30H31F3N2O6. The number of halogens is 3. The Morgan fingerprint density at radius 2 is 1.78 bits per heavy atom. The zero-order valence-corrected chi connectivity index (χ0v) is 22.8. The molecule has 0 radical (unpaired) electrons. The smallest absolute Gasteiger partial charge is 0.343 e. The van der Waals surface area contributed by atoms with Gasteiger partial charge in [-0.05, 0) is 69.6 Å². The first kappa shape index (κ1) is 28.5. The van der Waals surface area contributed by atoms with Gasteiger partial charge in [0.25, 0.3) is 0 Å². The van der Waals surface area contributed by atoms with Gasteiger partial charge in [-0.3, -0.25) is 9.59 Å². The van der Waals surface area contributed by atoms with Crippen LogP contribution < -0.4 is 20.2 Å². The fourth-order valence-electron chi connectivity index (χ4n) is 5.38. The molecule has 0 saturated heterocycles. The van der Waals surface area contributed by atoms with Crippen molar-refractivity contribution in [2.75, 3.05) is 25.6 Å². The van der Waals surface area contributed by atoms with Crippen molar-refractivity contribution in [1.82, 2.24) is 4.57 Å². The van der Waals surface area contributed by atoms with Crippen molar-refractivity contribution >= 4 is 28.5 Å². The number of aromatic nitrogens is 1. The van der Waals surface area contributed by atoms with Crippen molar-refractivity contribution in [3.05, 3.63) is 63.7 Å². The Morgan fingerprint density at radius 3 is 2.44 bits per heavy atom. The highest BCUT2D eigenvalue weighted by Crippen LogP contribution is 2.43. The van der Waals surface area contributed by atoms with Crippen molar-refractivity contribution in [3.63, 3.8) is 0 Å². The largest absolute Gasteiger partial charge is 0.492 e. The Labute approximate surface area is 234 Å². The molecule has 0 unspecified atom stereocenters. The molecule has 3 aromatic rings. The fraction of sp³-hybridized carbons (Fsp3) is 0.433. The average molecular weight is 573 g/mol. The first-order chi connectivity index (χ1) is 19.7. The first-order valence-electron chi connectivity index (χ1n) is 13.7. The number of esters is 1. The van der Waals surface area contributed by atoms with E-state index in [1.54, 1.807) is 11.5 Å². The van der Waals surface area contributed by atoms with Crippen LogP contribution in [0.5, 0.6) is 11.5 Å². The molecule has 2 aliphatic rings. The summed E-state index contributed by atoms with van der Waals surface area (Å²) in [7, 11) is 1.33. The van der Waals surface area contributed by atoms with E-state index in [1.807, 2.05) is 0 Å². The molecular weight excluding hydrogens is 541 g/mol. The molecule has 11 heteroatoms. The molecule has 0 atom stereocenters. The van der Waals surface area contributed by atoms with Gasteiger partial charge in [0.05, 0.1) is 31.2 Å². The maximum atomic E-state index is 15.5. The second-order valence-electron chi connectivity index (χ2n) is 10.5. The van der Waals surface area contributed by atoms with Crippen LogP contribution >= 0.6 is 0 Å². The zero-order chi connectivity index (χ0) is 29.3. The Balaban J connectivity index is 1.34. The van der Waals surface area contributed by atoms with E-state index in [0.29, 0.717) is 31.2 Å². The summed E-state index contributed by atoms with van der Waals surface area (Å²) in [5.41, 5.74) is -0.737. The predicted octanol–water partition coefficient (Wildman–Crippen LogP) is 5.76. The quantitative estimate of drug-likeness (QED) is 0.328. The molecule has 1 N–H and O–H groups in total. The monoisotopic (exact) mass is 572 g/mol. The summed E-state index contributed by atoms with van der Waals surface area (Å²) < 4.78 is 60.5. The minimum Gasteiger partial charge on any atom is -0.492 e. The van der Waals surface area contributed by atoms with E-state index < -0.39 is 34.8 Å². The maximum Gasteiger partial charge on any atom is 0.343 e. The number of hydrogen-bond donors (Lipinski definition) is 1. The highest BCUT2D eigenvalue weighted by atomic mass is 19.2. The summed E-state index contributed by atoms with van der Waals surface area (Å²) in [5.74, 6) is -4.54. The molecule has 8 nitrogen and oxygen atoms in total. The standard InChI is InChI=1S/C30H31F3N2O6/c1-3-40-30(38)20-14-35(18-11-12-18)26-19(27(20)36)13-22(32)25(28(26)39-2)34-29(37)17-9-7-16(8-10-17)15-41-23-6-4-5-21(31)24(23)33/h4-6,13-14,16-18H,3,7-12,15H2,1-2H3,(H,34,37). The summed E-state index contributed by atoms with van der Waals surface area (Å²) in [4.78, 5) is 38.8. The molecule has 2 aromatic carbocycles. The van der Waals surface area contributed by atoms with Crippen LogP contribution in [-0.2, 0) is 9.53 Å². The third kappa shape index (κ3) is 5.75. The Hall–Kier alpha value is -4.02. The third-order valence-electron chi connectivity index (χ3n) is 7.72. The van der Waals surface area contributed by atoms with Gasteiger partial charge < -0.3 is 24.1 Å². The van der Waals surface area contributed by atoms with Crippen molar-refractivity contribution in [2.45, 2.75) is 51.5 Å². The molecule has 2 aliphatic carbocycles. The molecule has 218 valence electrons. The number of carbonyl (C=O) groups excluding carboxylic acids is 2. The van der Waals surface area contributed by atoms with Crippen molar-refractivity contribution < 1.29 is 37.0 Å². The van der Waals surface area contributed by atoms with E-state index in [-0.39, 0.29) is 59.2 Å². The first-order valence-corrected chi connectivity index (χ1v) is 13.7. The third-order valence-corrected chi connectivity index (χ3v) is 7.72. The van der Waals surface area contributed by atoms with Gasteiger partial charge in [-0.1, -0.05) is 6.07 Å².